The average Bonchev–Trinajstić information content (AvgIpc) is 2.63. The van der Waals surface area contributed by atoms with Crippen LogP contribution in [-0.2, 0) is 4.74 Å². The van der Waals surface area contributed by atoms with E-state index >= 15 is 0 Å². The third-order valence-electron chi connectivity index (χ3n) is 2.31. The highest BCUT2D eigenvalue weighted by Gasteiger charge is 2.29. The number of hydrogen-bond donors (Lipinski definition) is 1. The monoisotopic (exact) mass is 229 g/mol. The second-order valence-electron chi connectivity index (χ2n) is 3.30. The molecule has 86 valence electrons. The van der Waals surface area contributed by atoms with Gasteiger partial charge in [0.05, 0.1) is 13.2 Å². The van der Waals surface area contributed by atoms with Crippen LogP contribution < -0.4 is 10.1 Å². The maximum atomic E-state index is 13.6. The van der Waals surface area contributed by atoms with Crippen molar-refractivity contribution in [2.45, 2.75) is 6.04 Å². The first-order valence-corrected chi connectivity index (χ1v) is 4.58. The Morgan fingerprint density at radius 1 is 1.44 bits per heavy atom. The highest BCUT2D eigenvalue weighted by molar-refractivity contribution is 5.70. The van der Waals surface area contributed by atoms with Crippen molar-refractivity contribution in [3.8, 4) is 5.75 Å². The van der Waals surface area contributed by atoms with E-state index in [9.17, 15) is 13.6 Å². The molecule has 0 radical (unpaired) electrons. The van der Waals surface area contributed by atoms with Crippen LogP contribution in [0.1, 0.15) is 11.6 Å². The van der Waals surface area contributed by atoms with Crippen LogP contribution in [0, 0.1) is 11.6 Å². The van der Waals surface area contributed by atoms with Crippen LogP contribution in [-0.4, -0.2) is 19.8 Å². The third kappa shape index (κ3) is 1.78. The summed E-state index contributed by atoms with van der Waals surface area (Å²) in [5, 5.41) is 2.31. The lowest BCUT2D eigenvalue weighted by molar-refractivity contribution is 0.176. The third-order valence-corrected chi connectivity index (χ3v) is 2.31. The number of carbonyl (C=O) groups excluding carboxylic acids is 1. The normalized spacial score (nSPS) is 19.2. The molecule has 6 heteroatoms. The standard InChI is InChI=1S/C10H9F2NO3/c1-15-5-2-6(11)9(7(12)3-5)8-4-16-10(14)13-8/h2-3,8H,4H2,1H3,(H,13,14)/t8-/m0/s1. The van der Waals surface area contributed by atoms with Gasteiger partial charge in [0.25, 0.3) is 0 Å². The van der Waals surface area contributed by atoms with Gasteiger partial charge in [0.1, 0.15) is 24.0 Å². The number of cyclic esters (lactones) is 1. The quantitative estimate of drug-likeness (QED) is 0.840. The number of nitrogens with one attached hydrogen (secondary N) is 1. The zero-order valence-corrected chi connectivity index (χ0v) is 8.42. The molecule has 0 aliphatic carbocycles. The summed E-state index contributed by atoms with van der Waals surface area (Å²) in [6.45, 7) is -0.0843. The number of alkyl carbamates (subject to hydrolysis) is 1. The van der Waals surface area contributed by atoms with Gasteiger partial charge in [-0.05, 0) is 0 Å². The molecule has 0 unspecified atom stereocenters. The highest BCUT2D eigenvalue weighted by Crippen LogP contribution is 2.27. The SMILES string of the molecule is COc1cc(F)c([C@@H]2COC(=O)N2)c(F)c1. The molecule has 4 nitrogen and oxygen atoms in total. The van der Waals surface area contributed by atoms with Crippen molar-refractivity contribution in [3.05, 3.63) is 29.3 Å². The Balaban J connectivity index is 2.37. The zero-order chi connectivity index (χ0) is 11.7. The van der Waals surface area contributed by atoms with Crippen molar-refractivity contribution < 1.29 is 23.0 Å². The Bertz CT molecular complexity index is 413. The summed E-state index contributed by atoms with van der Waals surface area (Å²) < 4.78 is 36.4. The topological polar surface area (TPSA) is 47.6 Å². The second-order valence-corrected chi connectivity index (χ2v) is 3.30. The van der Waals surface area contributed by atoms with E-state index in [2.05, 4.69) is 10.1 Å². The lowest BCUT2D eigenvalue weighted by Gasteiger charge is -2.11. The molecule has 1 atom stereocenters. The number of ether oxygens (including phenoxy) is 2. The minimum Gasteiger partial charge on any atom is -0.497 e. The molecule has 1 N–H and O–H groups in total. The molecular weight excluding hydrogens is 220 g/mol. The van der Waals surface area contributed by atoms with Crippen LogP contribution in [0.15, 0.2) is 12.1 Å². The Labute approximate surface area is 90.2 Å². The predicted molar refractivity (Wildman–Crippen MR) is 50.1 cm³/mol. The molecule has 1 aliphatic rings. The van der Waals surface area contributed by atoms with Crippen LogP contribution >= 0.6 is 0 Å². The Kier molecular flexibility index (Phi) is 2.64. The molecular formula is C10H9F2NO3. The molecule has 1 aromatic rings. The van der Waals surface area contributed by atoms with Gasteiger partial charge in [-0.2, -0.15) is 0 Å². The van der Waals surface area contributed by atoms with Crippen molar-refractivity contribution >= 4 is 6.09 Å². The van der Waals surface area contributed by atoms with E-state index in [4.69, 9.17) is 4.74 Å². The number of methoxy groups -OCH3 is 1. The molecule has 1 aliphatic heterocycles. The fourth-order valence-electron chi connectivity index (χ4n) is 1.55. The van der Waals surface area contributed by atoms with Crippen LogP contribution in [0.4, 0.5) is 13.6 Å². The van der Waals surface area contributed by atoms with Crippen molar-refractivity contribution in [1.82, 2.24) is 5.32 Å². The van der Waals surface area contributed by atoms with Gasteiger partial charge in [0.2, 0.25) is 0 Å². The molecule has 0 aromatic heterocycles. The van der Waals surface area contributed by atoms with Crippen molar-refractivity contribution in [2.75, 3.05) is 13.7 Å². The van der Waals surface area contributed by atoms with Gasteiger partial charge in [0, 0.05) is 17.7 Å². The van der Waals surface area contributed by atoms with E-state index in [1.165, 1.54) is 7.11 Å². The largest absolute Gasteiger partial charge is 0.497 e. The minimum atomic E-state index is -0.793. The van der Waals surface area contributed by atoms with Crippen LogP contribution in [0.5, 0.6) is 5.75 Å². The molecule has 1 heterocycles. The van der Waals surface area contributed by atoms with E-state index in [1.54, 1.807) is 0 Å². The summed E-state index contributed by atoms with van der Waals surface area (Å²) in [5.41, 5.74) is -0.216. The summed E-state index contributed by atoms with van der Waals surface area (Å²) >= 11 is 0. The van der Waals surface area contributed by atoms with Crippen LogP contribution in [0.25, 0.3) is 0 Å². The summed E-state index contributed by atoms with van der Waals surface area (Å²) in [7, 11) is 1.31. The second kappa shape index (κ2) is 3.96. The van der Waals surface area contributed by atoms with Crippen molar-refractivity contribution in [3.63, 3.8) is 0 Å². The maximum Gasteiger partial charge on any atom is 0.407 e. The van der Waals surface area contributed by atoms with Gasteiger partial charge in [-0.25, -0.2) is 13.6 Å². The van der Waals surface area contributed by atoms with Gasteiger partial charge < -0.3 is 14.8 Å². The van der Waals surface area contributed by atoms with Crippen molar-refractivity contribution in [2.24, 2.45) is 0 Å². The van der Waals surface area contributed by atoms with Crippen molar-refractivity contribution in [1.29, 1.82) is 0 Å². The van der Waals surface area contributed by atoms with E-state index in [1.807, 2.05) is 0 Å². The molecule has 0 bridgehead atoms. The molecule has 2 rings (SSSR count). The number of hydrogen-bond acceptors (Lipinski definition) is 3. The minimum absolute atomic E-state index is 0.0843. The van der Waals surface area contributed by atoms with E-state index < -0.39 is 23.8 Å². The fourth-order valence-corrected chi connectivity index (χ4v) is 1.55. The lowest BCUT2D eigenvalue weighted by atomic mass is 10.1. The van der Waals surface area contributed by atoms with E-state index in [-0.39, 0.29) is 17.9 Å². The molecule has 1 aromatic carbocycles. The van der Waals surface area contributed by atoms with Gasteiger partial charge in [-0.1, -0.05) is 0 Å². The van der Waals surface area contributed by atoms with E-state index in [0.29, 0.717) is 0 Å². The van der Waals surface area contributed by atoms with Crippen LogP contribution in [0.3, 0.4) is 0 Å². The van der Waals surface area contributed by atoms with Gasteiger partial charge >= 0.3 is 6.09 Å². The van der Waals surface area contributed by atoms with Crippen LogP contribution in [0.2, 0.25) is 0 Å². The molecule has 1 saturated heterocycles. The predicted octanol–water partition coefficient (Wildman–Crippen LogP) is 1.75. The smallest absolute Gasteiger partial charge is 0.407 e. The zero-order valence-electron chi connectivity index (χ0n) is 8.42. The molecule has 0 saturated carbocycles. The first-order valence-electron chi connectivity index (χ1n) is 4.58. The van der Waals surface area contributed by atoms with Gasteiger partial charge in [-0.3, -0.25) is 0 Å². The van der Waals surface area contributed by atoms with Gasteiger partial charge in [0.15, 0.2) is 0 Å². The lowest BCUT2D eigenvalue weighted by Crippen LogP contribution is -2.20. The Morgan fingerprint density at radius 2 is 2.06 bits per heavy atom. The molecule has 1 amide bonds. The number of amides is 1. The first kappa shape index (κ1) is 10.7. The molecule has 0 spiro atoms. The number of rotatable bonds is 2. The Hall–Kier alpha value is -1.85. The molecule has 16 heavy (non-hydrogen) atoms. The maximum absolute atomic E-state index is 13.6. The number of benzene rings is 1. The number of halogens is 2. The van der Waals surface area contributed by atoms with Gasteiger partial charge in [-0.15, -0.1) is 0 Å². The summed E-state index contributed by atoms with van der Waals surface area (Å²) in [5.74, 6) is -1.45. The summed E-state index contributed by atoms with van der Waals surface area (Å²) in [6, 6.07) is 1.32. The molecule has 1 fully saturated rings. The van der Waals surface area contributed by atoms with E-state index in [0.717, 1.165) is 12.1 Å². The first-order chi connectivity index (χ1) is 7.61. The fraction of sp³-hybridized carbons (Fsp3) is 0.300. The Morgan fingerprint density at radius 3 is 2.50 bits per heavy atom. The summed E-state index contributed by atoms with van der Waals surface area (Å²) in [6.07, 6.45) is -0.681. The average molecular weight is 229 g/mol. The number of carbonyl (C=O) groups is 1. The summed E-state index contributed by atoms with van der Waals surface area (Å²) in [4.78, 5) is 10.8. The highest BCUT2D eigenvalue weighted by atomic mass is 19.1.